The molecule has 0 aromatic carbocycles. The fourth-order valence-electron chi connectivity index (χ4n) is 2.69. The van der Waals surface area contributed by atoms with Crippen LogP contribution < -0.4 is 34.5 Å². The van der Waals surface area contributed by atoms with Crippen LogP contribution in [0.25, 0.3) is 0 Å². The van der Waals surface area contributed by atoms with Gasteiger partial charge in [-0.3, -0.25) is 9.36 Å². The molecule has 0 fully saturated rings. The second-order valence-electron chi connectivity index (χ2n) is 7.50. The van der Waals surface area contributed by atoms with Crippen molar-refractivity contribution >= 4 is 13.8 Å². The van der Waals surface area contributed by atoms with Crippen molar-refractivity contribution in [3.8, 4) is 0 Å². The SMILES string of the molecule is CCCCCCCCCCCCCC(=O)OC[C@@H](O)COP(=O)([O-])OCC(O)CO.[Na+]. The summed E-state index contributed by atoms with van der Waals surface area (Å²) in [6, 6.07) is 0. The monoisotopic (exact) mass is 478 g/mol. The number of phosphoric acid groups is 1. The number of aliphatic hydroxyl groups excluding tert-OH is 3. The molecular formula is C20H40NaO9P. The van der Waals surface area contributed by atoms with Gasteiger partial charge in [0.05, 0.1) is 19.8 Å². The van der Waals surface area contributed by atoms with Gasteiger partial charge in [-0.15, -0.1) is 0 Å². The first kappa shape index (κ1) is 33.6. The molecule has 0 aromatic rings. The number of esters is 1. The Morgan fingerprint density at radius 1 is 0.839 bits per heavy atom. The summed E-state index contributed by atoms with van der Waals surface area (Å²) in [5.74, 6) is -0.447. The van der Waals surface area contributed by atoms with Crippen molar-refractivity contribution in [2.24, 2.45) is 0 Å². The number of ether oxygens (including phenoxy) is 1. The zero-order chi connectivity index (χ0) is 22.7. The summed E-state index contributed by atoms with van der Waals surface area (Å²) >= 11 is 0. The molecule has 0 bridgehead atoms. The minimum absolute atomic E-state index is 0. The fraction of sp³-hybridized carbons (Fsp3) is 0.950. The molecule has 0 aliphatic carbocycles. The molecule has 0 saturated carbocycles. The molecule has 2 unspecified atom stereocenters. The number of carbonyl (C=O) groups excluding carboxylic acids is 1. The van der Waals surface area contributed by atoms with Crippen LogP contribution in [-0.4, -0.2) is 59.9 Å². The molecule has 0 aliphatic heterocycles. The van der Waals surface area contributed by atoms with Crippen LogP contribution in [0.3, 0.4) is 0 Å². The molecule has 0 amide bonds. The van der Waals surface area contributed by atoms with E-state index in [0.717, 1.165) is 19.3 Å². The van der Waals surface area contributed by atoms with Gasteiger partial charge in [0.15, 0.2) is 0 Å². The summed E-state index contributed by atoms with van der Waals surface area (Å²) in [4.78, 5) is 23.0. The predicted octanol–water partition coefficient (Wildman–Crippen LogP) is -0.550. The third kappa shape index (κ3) is 23.4. The maximum absolute atomic E-state index is 11.7. The van der Waals surface area contributed by atoms with Crippen molar-refractivity contribution in [1.82, 2.24) is 0 Å². The van der Waals surface area contributed by atoms with Crippen molar-refractivity contribution < 1.29 is 72.9 Å². The summed E-state index contributed by atoms with van der Waals surface area (Å²) in [6.07, 6.45) is 10.6. The van der Waals surface area contributed by atoms with Gasteiger partial charge in [-0.2, -0.15) is 0 Å². The Morgan fingerprint density at radius 2 is 1.29 bits per heavy atom. The number of aliphatic hydroxyl groups is 3. The number of hydrogen-bond acceptors (Lipinski definition) is 9. The van der Waals surface area contributed by atoms with E-state index in [0.29, 0.717) is 0 Å². The largest absolute Gasteiger partial charge is 1.00 e. The Labute approximate surface area is 208 Å². The number of rotatable bonds is 21. The smallest absolute Gasteiger partial charge is 0.756 e. The summed E-state index contributed by atoms with van der Waals surface area (Å²) in [5.41, 5.74) is 0. The Balaban J connectivity index is 0. The molecule has 0 rings (SSSR count). The maximum Gasteiger partial charge on any atom is 1.00 e. The minimum Gasteiger partial charge on any atom is -0.756 e. The van der Waals surface area contributed by atoms with E-state index in [9.17, 15) is 19.4 Å². The van der Waals surface area contributed by atoms with Crippen LogP contribution in [-0.2, 0) is 23.1 Å². The minimum atomic E-state index is -4.72. The molecular weight excluding hydrogens is 438 g/mol. The van der Waals surface area contributed by atoms with E-state index in [1.165, 1.54) is 51.4 Å². The van der Waals surface area contributed by atoms with E-state index in [-0.39, 0.29) is 42.6 Å². The number of carbonyl (C=O) groups is 1. The van der Waals surface area contributed by atoms with E-state index in [4.69, 9.17) is 14.9 Å². The van der Waals surface area contributed by atoms with E-state index in [1.807, 2.05) is 0 Å². The molecule has 0 aromatic heterocycles. The van der Waals surface area contributed by atoms with E-state index < -0.39 is 45.8 Å². The van der Waals surface area contributed by atoms with Crippen molar-refractivity contribution in [2.75, 3.05) is 26.4 Å². The number of unbranched alkanes of at least 4 members (excludes halogenated alkanes) is 10. The van der Waals surface area contributed by atoms with Gasteiger partial charge < -0.3 is 34.0 Å². The van der Waals surface area contributed by atoms with Crippen molar-refractivity contribution in [1.29, 1.82) is 0 Å². The Hall–Kier alpha value is 0.460. The predicted molar refractivity (Wildman–Crippen MR) is 111 cm³/mol. The van der Waals surface area contributed by atoms with Crippen LogP contribution in [0.2, 0.25) is 0 Å². The zero-order valence-corrected chi connectivity index (χ0v) is 22.1. The molecule has 11 heteroatoms. The number of hydrogen-bond donors (Lipinski definition) is 3. The van der Waals surface area contributed by atoms with Crippen LogP contribution in [0.15, 0.2) is 0 Å². The maximum atomic E-state index is 11.7. The van der Waals surface area contributed by atoms with Gasteiger partial charge in [0, 0.05) is 6.42 Å². The average molecular weight is 478 g/mol. The van der Waals surface area contributed by atoms with Gasteiger partial charge in [-0.1, -0.05) is 71.1 Å². The van der Waals surface area contributed by atoms with Gasteiger partial charge in [0.2, 0.25) is 0 Å². The normalized spacial score (nSPS) is 15.0. The summed E-state index contributed by atoms with van der Waals surface area (Å²) in [6.45, 7) is -0.108. The summed E-state index contributed by atoms with van der Waals surface area (Å²) in [7, 11) is -4.72. The van der Waals surface area contributed by atoms with Crippen molar-refractivity contribution in [3.05, 3.63) is 0 Å². The van der Waals surface area contributed by atoms with E-state index in [2.05, 4.69) is 16.0 Å². The van der Waals surface area contributed by atoms with Crippen molar-refractivity contribution in [2.45, 2.75) is 96.2 Å². The Morgan fingerprint density at radius 3 is 1.77 bits per heavy atom. The molecule has 31 heavy (non-hydrogen) atoms. The second-order valence-corrected chi connectivity index (χ2v) is 8.91. The van der Waals surface area contributed by atoms with Gasteiger partial charge in [-0.25, -0.2) is 0 Å². The van der Waals surface area contributed by atoms with Crippen LogP contribution >= 0.6 is 7.82 Å². The van der Waals surface area contributed by atoms with Gasteiger partial charge >= 0.3 is 35.5 Å². The molecule has 0 saturated heterocycles. The average Bonchev–Trinajstić information content (AvgIpc) is 2.73. The molecule has 0 heterocycles. The zero-order valence-electron chi connectivity index (χ0n) is 19.2. The Bertz CT molecular complexity index is 468. The van der Waals surface area contributed by atoms with E-state index in [1.54, 1.807) is 0 Å². The van der Waals surface area contributed by atoms with Crippen LogP contribution in [0.4, 0.5) is 0 Å². The quantitative estimate of drug-likeness (QED) is 0.0856. The van der Waals surface area contributed by atoms with Crippen LogP contribution in [0.1, 0.15) is 84.0 Å². The first-order valence-corrected chi connectivity index (χ1v) is 12.5. The first-order chi connectivity index (χ1) is 14.3. The Kier molecular flexibility index (Phi) is 24.2. The summed E-state index contributed by atoms with van der Waals surface area (Å²) < 4.78 is 25.1. The first-order valence-electron chi connectivity index (χ1n) is 11.0. The van der Waals surface area contributed by atoms with Gasteiger partial charge in [-0.05, 0) is 6.42 Å². The molecule has 0 spiro atoms. The van der Waals surface area contributed by atoms with Gasteiger partial charge in [0.1, 0.15) is 18.8 Å². The number of phosphoric ester groups is 1. The molecule has 0 radical (unpaired) electrons. The van der Waals surface area contributed by atoms with E-state index >= 15 is 0 Å². The van der Waals surface area contributed by atoms with Gasteiger partial charge in [0.25, 0.3) is 7.82 Å². The molecule has 180 valence electrons. The second kappa shape index (κ2) is 22.3. The molecule has 9 nitrogen and oxygen atoms in total. The molecule has 0 aliphatic rings. The fourth-order valence-corrected chi connectivity index (χ4v) is 3.47. The van der Waals surface area contributed by atoms with Crippen LogP contribution in [0.5, 0.6) is 0 Å². The third-order valence-electron chi connectivity index (χ3n) is 4.48. The third-order valence-corrected chi connectivity index (χ3v) is 5.41. The summed E-state index contributed by atoms with van der Waals surface area (Å²) in [5, 5.41) is 27.2. The topological polar surface area (TPSA) is 146 Å². The molecule has 3 atom stereocenters. The van der Waals surface area contributed by atoms with Crippen LogP contribution in [0, 0.1) is 0 Å². The molecule has 3 N–H and O–H groups in total. The standard InChI is InChI=1S/C20H41O9P.Na/c1-2-3-4-5-6-7-8-9-10-11-12-13-20(24)27-15-19(23)17-29-30(25,26)28-16-18(22)14-21;/h18-19,21-23H,2-17H2,1H3,(H,25,26);/q;+1/p-1/t18?,19-;/m1./s1. The van der Waals surface area contributed by atoms with Crippen molar-refractivity contribution in [3.63, 3.8) is 0 Å².